The Hall–Kier alpha value is -2.80. The number of rotatable bonds is 2. The summed E-state index contributed by atoms with van der Waals surface area (Å²) in [7, 11) is 0. The Morgan fingerprint density at radius 1 is 1.15 bits per heavy atom. The summed E-state index contributed by atoms with van der Waals surface area (Å²) in [5.41, 5.74) is 3.34. The van der Waals surface area contributed by atoms with Crippen molar-refractivity contribution >= 4 is 23.5 Å². The molecule has 1 aliphatic rings. The van der Waals surface area contributed by atoms with Gasteiger partial charge in [0.2, 0.25) is 5.91 Å². The lowest BCUT2D eigenvalue weighted by atomic mass is 10.0. The molecule has 5 nitrogen and oxygen atoms in total. The van der Waals surface area contributed by atoms with Crippen molar-refractivity contribution in [1.29, 1.82) is 0 Å². The number of carbonyl (C=O) groups excluding carboxylic acids is 1. The summed E-state index contributed by atoms with van der Waals surface area (Å²) >= 11 is 1.54. The number of aromatic hydroxyl groups is 1. The second kappa shape index (κ2) is 6.74. The van der Waals surface area contributed by atoms with E-state index >= 15 is 0 Å². The van der Waals surface area contributed by atoms with E-state index in [9.17, 15) is 14.3 Å². The highest BCUT2D eigenvalue weighted by Crippen LogP contribution is 2.46. The van der Waals surface area contributed by atoms with Crippen LogP contribution in [0.4, 0.5) is 10.2 Å². The second-order valence-corrected chi connectivity index (χ2v) is 7.93. The maximum Gasteiger partial charge on any atom is 0.238 e. The van der Waals surface area contributed by atoms with Gasteiger partial charge in [-0.2, -0.15) is 5.10 Å². The first-order valence-electron chi connectivity index (χ1n) is 8.55. The molecule has 1 aromatic heterocycles. The Balaban J connectivity index is 1.89. The zero-order chi connectivity index (χ0) is 19.1. The molecule has 0 radical (unpaired) electrons. The van der Waals surface area contributed by atoms with E-state index in [2.05, 4.69) is 10.4 Å². The number of anilines is 1. The quantitative estimate of drug-likeness (QED) is 0.696. The number of phenols is 1. The Morgan fingerprint density at radius 3 is 2.48 bits per heavy atom. The highest BCUT2D eigenvalue weighted by molar-refractivity contribution is 8.01. The van der Waals surface area contributed by atoms with Crippen molar-refractivity contribution in [2.24, 2.45) is 0 Å². The van der Waals surface area contributed by atoms with Crippen LogP contribution in [0, 0.1) is 12.7 Å². The third-order valence-corrected chi connectivity index (χ3v) is 5.99. The third kappa shape index (κ3) is 3.19. The first-order valence-corrected chi connectivity index (χ1v) is 9.49. The SMILES string of the molecule is Cc1nn(-c2ccc(F)cc2)c2c1C(c1ccc(O)cc1)SC(C)C(=O)N2. The highest BCUT2D eigenvalue weighted by atomic mass is 32.2. The lowest BCUT2D eigenvalue weighted by Gasteiger charge is -2.17. The predicted molar refractivity (Wildman–Crippen MR) is 104 cm³/mol. The summed E-state index contributed by atoms with van der Waals surface area (Å²) in [4.78, 5) is 12.6. The molecule has 0 saturated heterocycles. The molecule has 0 saturated carbocycles. The van der Waals surface area contributed by atoms with Crippen molar-refractivity contribution in [1.82, 2.24) is 9.78 Å². The molecule has 1 amide bonds. The molecule has 2 atom stereocenters. The number of hydrogen-bond donors (Lipinski definition) is 2. The summed E-state index contributed by atoms with van der Waals surface area (Å²) in [6.07, 6.45) is 0. The van der Waals surface area contributed by atoms with Gasteiger partial charge in [-0.25, -0.2) is 9.07 Å². The van der Waals surface area contributed by atoms with Crippen molar-refractivity contribution in [3.63, 3.8) is 0 Å². The van der Waals surface area contributed by atoms with Gasteiger partial charge < -0.3 is 10.4 Å². The lowest BCUT2D eigenvalue weighted by Crippen LogP contribution is -2.22. The summed E-state index contributed by atoms with van der Waals surface area (Å²) < 4.78 is 15.0. The van der Waals surface area contributed by atoms with Gasteiger partial charge >= 0.3 is 0 Å². The number of fused-ring (bicyclic) bond motifs is 1. The molecule has 0 aliphatic carbocycles. The van der Waals surface area contributed by atoms with Crippen LogP contribution in [-0.2, 0) is 4.79 Å². The number of hydrogen-bond acceptors (Lipinski definition) is 4. The first-order chi connectivity index (χ1) is 12.9. The number of phenolic OH excluding ortho intramolecular Hbond substituents is 1. The Kier molecular flexibility index (Phi) is 4.39. The van der Waals surface area contributed by atoms with Crippen molar-refractivity contribution in [2.75, 3.05) is 5.32 Å². The minimum absolute atomic E-state index is 0.106. The van der Waals surface area contributed by atoms with Crippen LogP contribution < -0.4 is 5.32 Å². The van der Waals surface area contributed by atoms with Crippen molar-refractivity contribution in [3.05, 3.63) is 71.2 Å². The van der Waals surface area contributed by atoms with Gasteiger partial charge in [-0.3, -0.25) is 4.79 Å². The van der Waals surface area contributed by atoms with Gasteiger partial charge in [0, 0.05) is 5.56 Å². The molecule has 0 fully saturated rings. The first kappa shape index (κ1) is 17.6. The number of aromatic nitrogens is 2. The van der Waals surface area contributed by atoms with Crippen LogP contribution in [0.2, 0.25) is 0 Å². The van der Waals surface area contributed by atoms with Crippen LogP contribution >= 0.6 is 11.8 Å². The molecule has 0 bridgehead atoms. The number of carbonyl (C=O) groups is 1. The van der Waals surface area contributed by atoms with Gasteiger partial charge in [-0.15, -0.1) is 11.8 Å². The Morgan fingerprint density at radius 2 is 1.81 bits per heavy atom. The van der Waals surface area contributed by atoms with Crippen LogP contribution in [0.3, 0.4) is 0 Å². The fourth-order valence-electron chi connectivity index (χ4n) is 3.19. The van der Waals surface area contributed by atoms with E-state index in [0.717, 1.165) is 16.8 Å². The molecular formula is C20H18FN3O2S. The van der Waals surface area contributed by atoms with E-state index < -0.39 is 0 Å². The minimum atomic E-state index is -0.330. The smallest absolute Gasteiger partial charge is 0.238 e. The van der Waals surface area contributed by atoms with E-state index in [1.807, 2.05) is 26.0 Å². The number of amides is 1. The predicted octanol–water partition coefficient (Wildman–Crippen LogP) is 4.19. The number of thioether (sulfide) groups is 1. The standard InChI is InChI=1S/C20H18FN3O2S/c1-11-17-18(13-3-9-16(25)10-4-13)27-12(2)20(26)22-19(17)24(23-11)15-7-5-14(21)6-8-15/h3-10,12,18,25H,1-2H3,(H,22,26). The average molecular weight is 383 g/mol. The molecule has 4 rings (SSSR count). The minimum Gasteiger partial charge on any atom is -0.508 e. The Bertz CT molecular complexity index is 999. The number of aryl methyl sites for hydroxylation is 1. The van der Waals surface area contributed by atoms with E-state index in [1.54, 1.807) is 28.9 Å². The Labute approximate surface area is 160 Å². The largest absolute Gasteiger partial charge is 0.508 e. The summed E-state index contributed by atoms with van der Waals surface area (Å²) in [5.74, 6) is 0.354. The van der Waals surface area contributed by atoms with E-state index in [-0.39, 0.29) is 28.0 Å². The number of nitrogens with one attached hydrogen (secondary N) is 1. The molecule has 1 aliphatic heterocycles. The van der Waals surface area contributed by atoms with Gasteiger partial charge in [0.15, 0.2) is 0 Å². The van der Waals surface area contributed by atoms with Gasteiger partial charge in [0.1, 0.15) is 17.4 Å². The molecule has 3 aromatic rings. The zero-order valence-corrected chi connectivity index (χ0v) is 15.6. The van der Waals surface area contributed by atoms with E-state index in [1.165, 1.54) is 23.9 Å². The van der Waals surface area contributed by atoms with Crippen LogP contribution in [0.5, 0.6) is 5.75 Å². The highest BCUT2D eigenvalue weighted by Gasteiger charge is 2.34. The van der Waals surface area contributed by atoms with Gasteiger partial charge in [0.25, 0.3) is 0 Å². The van der Waals surface area contributed by atoms with Crippen LogP contribution in [0.15, 0.2) is 48.5 Å². The van der Waals surface area contributed by atoms with Gasteiger partial charge in [0.05, 0.1) is 21.9 Å². The summed E-state index contributed by atoms with van der Waals surface area (Å²) in [5, 5.41) is 16.8. The van der Waals surface area contributed by atoms with Crippen molar-refractivity contribution < 1.29 is 14.3 Å². The summed E-state index contributed by atoms with van der Waals surface area (Å²) in [6.45, 7) is 3.76. The van der Waals surface area contributed by atoms with Crippen molar-refractivity contribution in [2.45, 2.75) is 24.3 Å². The fourth-order valence-corrected chi connectivity index (χ4v) is 4.51. The monoisotopic (exact) mass is 383 g/mol. The van der Waals surface area contributed by atoms with E-state index in [4.69, 9.17) is 0 Å². The average Bonchev–Trinajstić information content (AvgIpc) is 2.89. The number of halogens is 1. The van der Waals surface area contributed by atoms with Crippen LogP contribution in [0.25, 0.3) is 5.69 Å². The zero-order valence-electron chi connectivity index (χ0n) is 14.8. The molecule has 138 valence electrons. The second-order valence-electron chi connectivity index (χ2n) is 6.48. The molecule has 27 heavy (non-hydrogen) atoms. The van der Waals surface area contributed by atoms with Crippen LogP contribution in [-0.4, -0.2) is 26.0 Å². The fraction of sp³-hybridized carbons (Fsp3) is 0.200. The number of nitrogens with zero attached hydrogens (tertiary/aromatic N) is 2. The molecule has 2 N–H and O–H groups in total. The molecular weight excluding hydrogens is 365 g/mol. The van der Waals surface area contributed by atoms with Crippen molar-refractivity contribution in [3.8, 4) is 11.4 Å². The van der Waals surface area contributed by atoms with Gasteiger partial charge in [-0.05, 0) is 55.8 Å². The molecule has 7 heteroatoms. The van der Waals surface area contributed by atoms with Crippen LogP contribution in [0.1, 0.15) is 29.0 Å². The normalized spacial score (nSPS) is 19.3. The number of benzene rings is 2. The third-order valence-electron chi connectivity index (χ3n) is 4.59. The maximum absolute atomic E-state index is 13.3. The maximum atomic E-state index is 13.3. The lowest BCUT2D eigenvalue weighted by molar-refractivity contribution is -0.115. The topological polar surface area (TPSA) is 67.1 Å². The molecule has 0 spiro atoms. The van der Waals surface area contributed by atoms with Gasteiger partial charge in [-0.1, -0.05) is 12.1 Å². The molecule has 2 heterocycles. The van der Waals surface area contributed by atoms with E-state index in [0.29, 0.717) is 11.5 Å². The molecule has 2 aromatic carbocycles. The molecule has 2 unspecified atom stereocenters. The summed E-state index contributed by atoms with van der Waals surface area (Å²) in [6, 6.07) is 13.0.